The van der Waals surface area contributed by atoms with E-state index in [1.54, 1.807) is 0 Å². The molecule has 2 aromatic carbocycles. The lowest BCUT2D eigenvalue weighted by Crippen LogP contribution is -2.34. The van der Waals surface area contributed by atoms with Crippen LogP contribution in [0.1, 0.15) is 39.8 Å². The molecule has 0 aliphatic heterocycles. The van der Waals surface area contributed by atoms with Crippen molar-refractivity contribution in [3.63, 3.8) is 0 Å². The molecule has 0 spiro atoms. The minimum atomic E-state index is -0.0416. The summed E-state index contributed by atoms with van der Waals surface area (Å²) in [7, 11) is 4.06. The summed E-state index contributed by atoms with van der Waals surface area (Å²) in [5.74, 6) is -0.0416. The van der Waals surface area contributed by atoms with Crippen LogP contribution in [0, 0.1) is 13.8 Å². The number of nitrogens with one attached hydrogen (secondary N) is 1. The number of benzene rings is 2. The van der Waals surface area contributed by atoms with Crippen molar-refractivity contribution in [1.82, 2.24) is 15.1 Å². The summed E-state index contributed by atoms with van der Waals surface area (Å²) in [6, 6.07) is 18.3. The molecule has 0 bridgehead atoms. The summed E-state index contributed by atoms with van der Waals surface area (Å²) in [5, 5.41) is 7.59. The molecule has 1 heterocycles. The van der Waals surface area contributed by atoms with Crippen molar-refractivity contribution in [2.24, 2.45) is 0 Å². The zero-order valence-corrected chi connectivity index (χ0v) is 17.9. The zero-order valence-electron chi connectivity index (χ0n) is 17.9. The van der Waals surface area contributed by atoms with Crippen LogP contribution in [0.15, 0.2) is 54.6 Å². The van der Waals surface area contributed by atoms with Crippen LogP contribution < -0.4 is 10.2 Å². The van der Waals surface area contributed by atoms with Crippen LogP contribution in [0.4, 0.5) is 5.69 Å². The van der Waals surface area contributed by atoms with E-state index in [-0.39, 0.29) is 11.9 Å². The van der Waals surface area contributed by atoms with Gasteiger partial charge in [-0.2, -0.15) is 5.10 Å². The van der Waals surface area contributed by atoms with Gasteiger partial charge in [0.25, 0.3) is 5.91 Å². The molecule has 3 aromatic rings. The van der Waals surface area contributed by atoms with E-state index in [1.807, 2.05) is 56.9 Å². The van der Waals surface area contributed by atoms with Gasteiger partial charge < -0.3 is 10.2 Å². The van der Waals surface area contributed by atoms with Crippen LogP contribution in [-0.2, 0) is 13.0 Å². The number of amides is 1. The molecule has 0 saturated heterocycles. The van der Waals surface area contributed by atoms with Gasteiger partial charge in [-0.05, 0) is 68.7 Å². The molecule has 29 heavy (non-hydrogen) atoms. The van der Waals surface area contributed by atoms with E-state index in [0.29, 0.717) is 12.1 Å². The average Bonchev–Trinajstić information content (AvgIpc) is 2.99. The molecule has 0 aliphatic rings. The number of carbonyl (C=O) groups excluding carboxylic acids is 1. The van der Waals surface area contributed by atoms with E-state index in [4.69, 9.17) is 0 Å². The maximum Gasteiger partial charge on any atom is 0.251 e. The van der Waals surface area contributed by atoms with Crippen molar-refractivity contribution in [3.05, 3.63) is 82.7 Å². The topological polar surface area (TPSA) is 50.2 Å². The standard InChI is InChI=1S/C24H30N4O/c1-17(15-20-8-12-23(13-9-20)27(4)5)25-24(29)22-10-6-21(7-11-22)16-28-19(3)14-18(2)26-28/h6-14,17H,15-16H2,1-5H3,(H,25,29). The van der Waals surface area contributed by atoms with E-state index in [0.717, 1.165) is 23.4 Å². The Balaban J connectivity index is 1.56. The number of hydrogen-bond acceptors (Lipinski definition) is 3. The maximum absolute atomic E-state index is 12.6. The molecular formula is C24H30N4O. The highest BCUT2D eigenvalue weighted by molar-refractivity contribution is 5.94. The summed E-state index contributed by atoms with van der Waals surface area (Å²) in [4.78, 5) is 14.7. The molecule has 1 amide bonds. The van der Waals surface area contributed by atoms with Gasteiger partial charge in [-0.15, -0.1) is 0 Å². The molecule has 0 fully saturated rings. The van der Waals surface area contributed by atoms with Gasteiger partial charge in [0.05, 0.1) is 12.2 Å². The molecule has 1 N–H and O–H groups in total. The van der Waals surface area contributed by atoms with E-state index in [2.05, 4.69) is 52.6 Å². The Bertz CT molecular complexity index is 956. The van der Waals surface area contributed by atoms with Gasteiger partial charge in [-0.3, -0.25) is 9.48 Å². The third-order valence-corrected chi connectivity index (χ3v) is 5.02. The molecule has 0 aliphatic carbocycles. The van der Waals surface area contributed by atoms with Gasteiger partial charge in [-0.1, -0.05) is 24.3 Å². The second-order valence-corrected chi connectivity index (χ2v) is 7.92. The Hall–Kier alpha value is -3.08. The van der Waals surface area contributed by atoms with Crippen molar-refractivity contribution in [2.45, 2.75) is 39.8 Å². The van der Waals surface area contributed by atoms with E-state index in [1.165, 1.54) is 11.3 Å². The number of aryl methyl sites for hydroxylation is 2. The quantitative estimate of drug-likeness (QED) is 0.664. The van der Waals surface area contributed by atoms with Crippen molar-refractivity contribution in [2.75, 3.05) is 19.0 Å². The predicted octanol–water partition coefficient (Wildman–Crippen LogP) is 3.98. The molecular weight excluding hydrogens is 360 g/mol. The van der Waals surface area contributed by atoms with Crippen molar-refractivity contribution < 1.29 is 4.79 Å². The van der Waals surface area contributed by atoms with Crippen LogP contribution in [0.5, 0.6) is 0 Å². The van der Waals surface area contributed by atoms with Crippen molar-refractivity contribution >= 4 is 11.6 Å². The molecule has 1 atom stereocenters. The highest BCUT2D eigenvalue weighted by Crippen LogP contribution is 2.14. The largest absolute Gasteiger partial charge is 0.378 e. The van der Waals surface area contributed by atoms with Crippen molar-refractivity contribution in [1.29, 1.82) is 0 Å². The van der Waals surface area contributed by atoms with Crippen LogP contribution in [0.25, 0.3) is 0 Å². The molecule has 0 saturated carbocycles. The zero-order chi connectivity index (χ0) is 21.0. The lowest BCUT2D eigenvalue weighted by molar-refractivity contribution is 0.0940. The predicted molar refractivity (Wildman–Crippen MR) is 119 cm³/mol. The third-order valence-electron chi connectivity index (χ3n) is 5.02. The van der Waals surface area contributed by atoms with E-state index in [9.17, 15) is 4.79 Å². The fraction of sp³-hybridized carbons (Fsp3) is 0.333. The number of aromatic nitrogens is 2. The molecule has 0 radical (unpaired) electrons. The fourth-order valence-electron chi connectivity index (χ4n) is 3.41. The monoisotopic (exact) mass is 390 g/mol. The van der Waals surface area contributed by atoms with Crippen molar-refractivity contribution in [3.8, 4) is 0 Å². The Kier molecular flexibility index (Phi) is 6.37. The minimum absolute atomic E-state index is 0.0416. The minimum Gasteiger partial charge on any atom is -0.378 e. The van der Waals surface area contributed by atoms with E-state index >= 15 is 0 Å². The summed E-state index contributed by atoms with van der Waals surface area (Å²) in [6.45, 7) is 6.79. The van der Waals surface area contributed by atoms with Gasteiger partial charge in [0, 0.05) is 37.1 Å². The number of nitrogens with zero attached hydrogens (tertiary/aromatic N) is 3. The Morgan fingerprint density at radius 2 is 1.66 bits per heavy atom. The summed E-state index contributed by atoms with van der Waals surface area (Å²) >= 11 is 0. The lowest BCUT2D eigenvalue weighted by Gasteiger charge is -2.16. The number of carbonyl (C=O) groups is 1. The Morgan fingerprint density at radius 1 is 1.03 bits per heavy atom. The number of hydrogen-bond donors (Lipinski definition) is 1. The second-order valence-electron chi connectivity index (χ2n) is 7.92. The fourth-order valence-corrected chi connectivity index (χ4v) is 3.41. The van der Waals surface area contributed by atoms with Gasteiger partial charge in [0.2, 0.25) is 0 Å². The highest BCUT2D eigenvalue weighted by Gasteiger charge is 2.11. The molecule has 1 aromatic heterocycles. The molecule has 3 rings (SSSR count). The van der Waals surface area contributed by atoms with Crippen LogP contribution >= 0.6 is 0 Å². The normalized spacial score (nSPS) is 11.9. The first-order valence-electron chi connectivity index (χ1n) is 9.99. The first-order valence-corrected chi connectivity index (χ1v) is 9.99. The van der Waals surface area contributed by atoms with Crippen LogP contribution in [0.3, 0.4) is 0 Å². The maximum atomic E-state index is 12.6. The molecule has 5 nitrogen and oxygen atoms in total. The molecule has 152 valence electrons. The molecule has 1 unspecified atom stereocenters. The number of anilines is 1. The van der Waals surface area contributed by atoms with Crippen LogP contribution in [0.2, 0.25) is 0 Å². The summed E-state index contributed by atoms with van der Waals surface area (Å²) in [5.41, 5.74) is 6.34. The summed E-state index contributed by atoms with van der Waals surface area (Å²) < 4.78 is 1.98. The Morgan fingerprint density at radius 3 is 2.21 bits per heavy atom. The van der Waals surface area contributed by atoms with Crippen LogP contribution in [-0.4, -0.2) is 35.8 Å². The van der Waals surface area contributed by atoms with E-state index < -0.39 is 0 Å². The first-order chi connectivity index (χ1) is 13.8. The second kappa shape index (κ2) is 8.95. The average molecular weight is 391 g/mol. The Labute approximate surface area is 173 Å². The first kappa shape index (κ1) is 20.6. The SMILES string of the molecule is Cc1cc(C)n(Cc2ccc(C(=O)NC(C)Cc3ccc(N(C)C)cc3)cc2)n1. The smallest absolute Gasteiger partial charge is 0.251 e. The van der Waals surface area contributed by atoms with Gasteiger partial charge in [0.1, 0.15) is 0 Å². The van der Waals surface area contributed by atoms with Gasteiger partial charge in [-0.25, -0.2) is 0 Å². The summed E-state index contributed by atoms with van der Waals surface area (Å²) in [6.07, 6.45) is 0.801. The molecule has 5 heteroatoms. The van der Waals surface area contributed by atoms with Gasteiger partial charge in [0.15, 0.2) is 0 Å². The number of rotatable bonds is 7. The van der Waals surface area contributed by atoms with Gasteiger partial charge >= 0.3 is 0 Å². The third kappa shape index (κ3) is 5.47. The lowest BCUT2D eigenvalue weighted by atomic mass is 10.1. The highest BCUT2D eigenvalue weighted by atomic mass is 16.1.